The highest BCUT2D eigenvalue weighted by Crippen LogP contribution is 2.16. The molecule has 10 heavy (non-hydrogen) atoms. The third kappa shape index (κ3) is 1.33. The average Bonchev–Trinajstić information content (AvgIpc) is 2.14. The van der Waals surface area contributed by atoms with Gasteiger partial charge in [0.15, 0.2) is 5.78 Å². The molecule has 1 N–H and O–H groups in total. The molecule has 1 atom stereocenters. The van der Waals surface area contributed by atoms with Crippen LogP contribution in [0.3, 0.4) is 0 Å². The molecule has 0 saturated heterocycles. The fraction of sp³-hybridized carbons (Fsp3) is 0.375. The van der Waals surface area contributed by atoms with Crippen LogP contribution in [0.4, 0.5) is 0 Å². The van der Waals surface area contributed by atoms with E-state index in [1.54, 1.807) is 0 Å². The molecule has 0 amide bonds. The molecule has 0 radical (unpaired) electrons. The largest absolute Gasteiger partial charge is 0.385 e. The van der Waals surface area contributed by atoms with E-state index in [9.17, 15) is 4.79 Å². The first-order valence-corrected chi connectivity index (χ1v) is 3.29. The summed E-state index contributed by atoms with van der Waals surface area (Å²) in [4.78, 5) is 10.7. The zero-order chi connectivity index (χ0) is 7.56. The summed E-state index contributed by atoms with van der Waals surface area (Å²) in [5.74, 6) is -0.173. The number of hydrogen-bond donors (Lipinski definition) is 1. The van der Waals surface area contributed by atoms with E-state index in [1.807, 2.05) is 19.1 Å². The van der Waals surface area contributed by atoms with Gasteiger partial charge < -0.3 is 5.11 Å². The highest BCUT2D eigenvalue weighted by molar-refractivity contribution is 5.97. The second kappa shape index (κ2) is 2.80. The van der Waals surface area contributed by atoms with Crippen molar-refractivity contribution in [3.8, 4) is 0 Å². The number of carbonyl (C=O) groups is 1. The fourth-order valence-corrected chi connectivity index (χ4v) is 0.992. The molecule has 1 unspecified atom stereocenters. The lowest BCUT2D eigenvalue weighted by Crippen LogP contribution is -2.11. The van der Waals surface area contributed by atoms with Crippen molar-refractivity contribution in [2.75, 3.05) is 0 Å². The van der Waals surface area contributed by atoms with Crippen LogP contribution in [0.2, 0.25) is 0 Å². The standard InChI is InChI=1S/C8H10O2/c1-2-3-6-4-7(9)8(10)5-6/h2-4,8,10H,5H2,1H3/b3-2+. The summed E-state index contributed by atoms with van der Waals surface area (Å²) in [6, 6.07) is 0. The number of rotatable bonds is 1. The Morgan fingerprint density at radius 3 is 2.90 bits per heavy atom. The van der Waals surface area contributed by atoms with Crippen molar-refractivity contribution in [1.29, 1.82) is 0 Å². The zero-order valence-electron chi connectivity index (χ0n) is 5.87. The summed E-state index contributed by atoms with van der Waals surface area (Å²) in [5, 5.41) is 8.96. The average molecular weight is 138 g/mol. The number of allylic oxidation sites excluding steroid dienone is 2. The van der Waals surface area contributed by atoms with E-state index >= 15 is 0 Å². The number of hydrogen-bond acceptors (Lipinski definition) is 2. The molecular formula is C8H10O2. The Kier molecular flexibility index (Phi) is 2.02. The van der Waals surface area contributed by atoms with Gasteiger partial charge in [0.2, 0.25) is 0 Å². The van der Waals surface area contributed by atoms with Crippen molar-refractivity contribution in [2.24, 2.45) is 0 Å². The van der Waals surface area contributed by atoms with E-state index in [0.717, 1.165) is 5.57 Å². The number of ketones is 1. The van der Waals surface area contributed by atoms with Crippen LogP contribution in [0.1, 0.15) is 13.3 Å². The van der Waals surface area contributed by atoms with Crippen LogP contribution in [-0.2, 0) is 4.79 Å². The molecule has 0 aromatic heterocycles. The minimum Gasteiger partial charge on any atom is -0.385 e. The Labute approximate surface area is 59.9 Å². The van der Waals surface area contributed by atoms with E-state index in [-0.39, 0.29) is 5.78 Å². The Bertz CT molecular complexity index is 201. The molecular weight excluding hydrogens is 128 g/mol. The third-order valence-electron chi connectivity index (χ3n) is 1.47. The number of carbonyl (C=O) groups excluding carboxylic acids is 1. The molecule has 0 bridgehead atoms. The molecule has 1 rings (SSSR count). The normalized spacial score (nSPS) is 26.0. The molecule has 1 aliphatic rings. The van der Waals surface area contributed by atoms with Gasteiger partial charge in [0, 0.05) is 6.42 Å². The lowest BCUT2D eigenvalue weighted by Gasteiger charge is -1.94. The summed E-state index contributed by atoms with van der Waals surface area (Å²) < 4.78 is 0. The number of aliphatic hydroxyl groups is 1. The van der Waals surface area contributed by atoms with Crippen molar-refractivity contribution < 1.29 is 9.90 Å². The van der Waals surface area contributed by atoms with Crippen molar-refractivity contribution in [3.63, 3.8) is 0 Å². The van der Waals surface area contributed by atoms with Crippen LogP contribution in [0, 0.1) is 0 Å². The topological polar surface area (TPSA) is 37.3 Å². The molecule has 0 fully saturated rings. The maximum Gasteiger partial charge on any atom is 0.184 e. The van der Waals surface area contributed by atoms with Gasteiger partial charge in [-0.3, -0.25) is 4.79 Å². The Hall–Kier alpha value is -0.890. The molecule has 54 valence electrons. The molecule has 0 aromatic rings. The van der Waals surface area contributed by atoms with Crippen molar-refractivity contribution in [3.05, 3.63) is 23.8 Å². The zero-order valence-corrected chi connectivity index (χ0v) is 5.87. The maximum absolute atomic E-state index is 10.7. The summed E-state index contributed by atoms with van der Waals surface area (Å²) in [6.45, 7) is 1.88. The first-order chi connectivity index (χ1) is 4.74. The SMILES string of the molecule is C/C=C/C1=CC(=O)C(O)C1. The van der Waals surface area contributed by atoms with Gasteiger partial charge in [-0.25, -0.2) is 0 Å². The van der Waals surface area contributed by atoms with Crippen LogP contribution >= 0.6 is 0 Å². The van der Waals surface area contributed by atoms with Crippen molar-refractivity contribution in [1.82, 2.24) is 0 Å². The lowest BCUT2D eigenvalue weighted by molar-refractivity contribution is -0.121. The van der Waals surface area contributed by atoms with E-state index in [0.29, 0.717) is 6.42 Å². The van der Waals surface area contributed by atoms with E-state index < -0.39 is 6.10 Å². The van der Waals surface area contributed by atoms with Gasteiger partial charge in [-0.1, -0.05) is 12.2 Å². The van der Waals surface area contributed by atoms with E-state index in [4.69, 9.17) is 5.11 Å². The monoisotopic (exact) mass is 138 g/mol. The second-order valence-electron chi connectivity index (χ2n) is 2.34. The summed E-state index contributed by atoms with van der Waals surface area (Å²) in [5.41, 5.74) is 0.917. The highest BCUT2D eigenvalue weighted by Gasteiger charge is 2.20. The summed E-state index contributed by atoms with van der Waals surface area (Å²) in [6.07, 6.45) is 4.88. The van der Waals surface area contributed by atoms with Crippen molar-refractivity contribution in [2.45, 2.75) is 19.4 Å². The van der Waals surface area contributed by atoms with Gasteiger partial charge in [-0.15, -0.1) is 0 Å². The third-order valence-corrected chi connectivity index (χ3v) is 1.47. The van der Waals surface area contributed by atoms with Crippen LogP contribution < -0.4 is 0 Å². The number of aliphatic hydroxyl groups excluding tert-OH is 1. The minimum atomic E-state index is -0.786. The van der Waals surface area contributed by atoms with E-state index in [1.165, 1.54) is 6.08 Å². The molecule has 1 aliphatic carbocycles. The van der Waals surface area contributed by atoms with Gasteiger partial charge in [-0.05, 0) is 18.6 Å². The fourth-order valence-electron chi connectivity index (χ4n) is 0.992. The van der Waals surface area contributed by atoms with Gasteiger partial charge in [-0.2, -0.15) is 0 Å². The van der Waals surface area contributed by atoms with Crippen LogP contribution in [0.15, 0.2) is 23.8 Å². The Morgan fingerprint density at radius 2 is 2.50 bits per heavy atom. The first kappa shape index (κ1) is 7.22. The second-order valence-corrected chi connectivity index (χ2v) is 2.34. The molecule has 0 aliphatic heterocycles. The highest BCUT2D eigenvalue weighted by atomic mass is 16.3. The predicted molar refractivity (Wildman–Crippen MR) is 38.5 cm³/mol. The minimum absolute atomic E-state index is 0.173. The van der Waals surface area contributed by atoms with Crippen LogP contribution in [-0.4, -0.2) is 17.0 Å². The van der Waals surface area contributed by atoms with Crippen LogP contribution in [0.25, 0.3) is 0 Å². The molecule has 0 spiro atoms. The predicted octanol–water partition coefficient (Wildman–Crippen LogP) is 0.823. The Morgan fingerprint density at radius 1 is 1.80 bits per heavy atom. The molecule has 0 heterocycles. The van der Waals surface area contributed by atoms with Gasteiger partial charge in [0.05, 0.1) is 0 Å². The van der Waals surface area contributed by atoms with Gasteiger partial charge in [0.1, 0.15) is 6.10 Å². The van der Waals surface area contributed by atoms with Gasteiger partial charge in [0.25, 0.3) is 0 Å². The summed E-state index contributed by atoms with van der Waals surface area (Å²) >= 11 is 0. The van der Waals surface area contributed by atoms with Crippen LogP contribution in [0.5, 0.6) is 0 Å². The lowest BCUT2D eigenvalue weighted by atomic mass is 10.2. The maximum atomic E-state index is 10.7. The van der Waals surface area contributed by atoms with Gasteiger partial charge >= 0.3 is 0 Å². The molecule has 2 heteroatoms. The molecule has 2 nitrogen and oxygen atoms in total. The smallest absolute Gasteiger partial charge is 0.184 e. The summed E-state index contributed by atoms with van der Waals surface area (Å²) in [7, 11) is 0. The Balaban J connectivity index is 2.67. The van der Waals surface area contributed by atoms with E-state index in [2.05, 4.69) is 0 Å². The molecule has 0 aromatic carbocycles. The first-order valence-electron chi connectivity index (χ1n) is 3.29. The van der Waals surface area contributed by atoms with Crippen molar-refractivity contribution >= 4 is 5.78 Å². The molecule has 0 saturated carbocycles. The quantitative estimate of drug-likeness (QED) is 0.582.